The molecule has 1 atom stereocenters. The first-order chi connectivity index (χ1) is 10.6. The molecule has 1 aliphatic rings. The SMILES string of the molecule is CC(=O)SCC1CC(=O)N(c2cc(C(F)(F)F)c(Br)cc2F)C1. The maximum absolute atomic E-state index is 14.0. The molecule has 1 amide bonds. The Balaban J connectivity index is 2.28. The molecule has 1 unspecified atom stereocenters. The van der Waals surface area contributed by atoms with Crippen LogP contribution in [0.5, 0.6) is 0 Å². The summed E-state index contributed by atoms with van der Waals surface area (Å²) in [7, 11) is 0. The molecule has 0 spiro atoms. The molecule has 2 rings (SSSR count). The van der Waals surface area contributed by atoms with Crippen LogP contribution in [0.1, 0.15) is 18.9 Å². The van der Waals surface area contributed by atoms with E-state index in [9.17, 15) is 27.2 Å². The summed E-state index contributed by atoms with van der Waals surface area (Å²) in [4.78, 5) is 24.0. The van der Waals surface area contributed by atoms with Gasteiger partial charge in [0.25, 0.3) is 0 Å². The van der Waals surface area contributed by atoms with E-state index in [1.54, 1.807) is 0 Å². The van der Waals surface area contributed by atoms with Crippen LogP contribution in [-0.2, 0) is 15.8 Å². The molecular weight excluding hydrogens is 402 g/mol. The quantitative estimate of drug-likeness (QED) is 0.695. The zero-order valence-corrected chi connectivity index (χ0v) is 14.3. The van der Waals surface area contributed by atoms with Gasteiger partial charge >= 0.3 is 6.18 Å². The predicted molar refractivity (Wildman–Crippen MR) is 82.7 cm³/mol. The Morgan fingerprint density at radius 2 is 2.09 bits per heavy atom. The fraction of sp³-hybridized carbons (Fsp3) is 0.429. The number of alkyl halides is 3. The highest BCUT2D eigenvalue weighted by Crippen LogP contribution is 2.39. The summed E-state index contributed by atoms with van der Waals surface area (Å²) >= 11 is 3.73. The van der Waals surface area contributed by atoms with Crippen LogP contribution in [0, 0.1) is 11.7 Å². The van der Waals surface area contributed by atoms with E-state index >= 15 is 0 Å². The van der Waals surface area contributed by atoms with Gasteiger partial charge in [-0.15, -0.1) is 0 Å². The van der Waals surface area contributed by atoms with Gasteiger partial charge in [0, 0.05) is 30.1 Å². The van der Waals surface area contributed by atoms with Crippen molar-refractivity contribution < 1.29 is 27.2 Å². The molecule has 1 saturated heterocycles. The summed E-state index contributed by atoms with van der Waals surface area (Å²) in [5.74, 6) is -1.18. The third kappa shape index (κ3) is 4.26. The molecule has 1 aliphatic heterocycles. The second-order valence-electron chi connectivity index (χ2n) is 5.16. The molecule has 0 radical (unpaired) electrons. The lowest BCUT2D eigenvalue weighted by atomic mass is 10.1. The molecule has 0 aromatic heterocycles. The van der Waals surface area contributed by atoms with Gasteiger partial charge in [-0.05, 0) is 18.1 Å². The fourth-order valence-corrected chi connectivity index (χ4v) is 3.56. The van der Waals surface area contributed by atoms with Crippen molar-refractivity contribution in [1.82, 2.24) is 0 Å². The summed E-state index contributed by atoms with van der Waals surface area (Å²) in [6.07, 6.45) is -4.58. The average Bonchev–Trinajstić information content (AvgIpc) is 2.76. The summed E-state index contributed by atoms with van der Waals surface area (Å²) in [6.45, 7) is 1.48. The number of hydrogen-bond donors (Lipinski definition) is 0. The minimum absolute atomic E-state index is 0.0805. The van der Waals surface area contributed by atoms with Crippen LogP contribution in [-0.4, -0.2) is 23.3 Å². The molecule has 1 aromatic rings. The van der Waals surface area contributed by atoms with Crippen LogP contribution >= 0.6 is 27.7 Å². The van der Waals surface area contributed by atoms with Gasteiger partial charge < -0.3 is 4.90 Å². The summed E-state index contributed by atoms with van der Waals surface area (Å²) < 4.78 is 52.4. The number of thioether (sulfide) groups is 1. The first-order valence-corrected chi connectivity index (χ1v) is 8.37. The summed E-state index contributed by atoms with van der Waals surface area (Å²) in [6, 6.07) is 1.35. The molecule has 1 aromatic carbocycles. The van der Waals surface area contributed by atoms with Crippen molar-refractivity contribution in [2.24, 2.45) is 5.92 Å². The number of carbonyl (C=O) groups excluding carboxylic acids is 2. The number of nitrogens with zero attached hydrogens (tertiary/aromatic N) is 1. The maximum atomic E-state index is 14.0. The number of carbonyl (C=O) groups is 2. The largest absolute Gasteiger partial charge is 0.417 e. The van der Waals surface area contributed by atoms with E-state index in [0.717, 1.165) is 16.7 Å². The van der Waals surface area contributed by atoms with Crippen molar-refractivity contribution in [2.75, 3.05) is 17.2 Å². The first kappa shape index (κ1) is 18.3. The van der Waals surface area contributed by atoms with Crippen molar-refractivity contribution in [2.45, 2.75) is 19.5 Å². The maximum Gasteiger partial charge on any atom is 0.417 e. The minimum Gasteiger partial charge on any atom is -0.309 e. The Morgan fingerprint density at radius 3 is 2.65 bits per heavy atom. The van der Waals surface area contributed by atoms with E-state index in [1.807, 2.05) is 0 Å². The molecule has 23 heavy (non-hydrogen) atoms. The van der Waals surface area contributed by atoms with Crippen molar-refractivity contribution in [3.63, 3.8) is 0 Å². The summed E-state index contributed by atoms with van der Waals surface area (Å²) in [5, 5.41) is -0.106. The van der Waals surface area contributed by atoms with Crippen molar-refractivity contribution >= 4 is 44.4 Å². The Labute approximate surface area is 142 Å². The van der Waals surface area contributed by atoms with Gasteiger partial charge in [0.15, 0.2) is 5.12 Å². The monoisotopic (exact) mass is 413 g/mol. The van der Waals surface area contributed by atoms with Crippen LogP contribution in [0.15, 0.2) is 16.6 Å². The number of rotatable bonds is 3. The molecular formula is C14H12BrF4NO2S. The summed E-state index contributed by atoms with van der Waals surface area (Å²) in [5.41, 5.74) is -1.43. The molecule has 9 heteroatoms. The Hall–Kier alpha value is -1.09. The van der Waals surface area contributed by atoms with Crippen molar-refractivity contribution in [3.8, 4) is 0 Å². The average molecular weight is 414 g/mol. The minimum atomic E-state index is -4.66. The molecule has 126 valence electrons. The first-order valence-electron chi connectivity index (χ1n) is 6.59. The third-order valence-electron chi connectivity index (χ3n) is 3.36. The zero-order chi connectivity index (χ0) is 17.4. The van der Waals surface area contributed by atoms with Gasteiger partial charge in [-0.2, -0.15) is 13.2 Å². The lowest BCUT2D eigenvalue weighted by Gasteiger charge is -2.20. The standard InChI is InChI=1S/C14H12BrF4NO2S/c1-7(21)23-6-8-2-13(22)20(5-8)12-3-9(14(17,18)19)10(15)4-11(12)16/h3-4,8H,2,5-6H2,1H3. The number of anilines is 1. The van der Waals surface area contributed by atoms with E-state index in [0.29, 0.717) is 17.9 Å². The highest BCUT2D eigenvalue weighted by Gasteiger charge is 2.37. The molecule has 0 N–H and O–H groups in total. The fourth-order valence-electron chi connectivity index (χ4n) is 2.32. The van der Waals surface area contributed by atoms with Gasteiger partial charge in [-0.3, -0.25) is 9.59 Å². The van der Waals surface area contributed by atoms with Gasteiger partial charge in [0.1, 0.15) is 5.82 Å². The van der Waals surface area contributed by atoms with Gasteiger partial charge in [0.05, 0.1) is 11.3 Å². The number of benzene rings is 1. The molecule has 1 fully saturated rings. The molecule has 0 aliphatic carbocycles. The smallest absolute Gasteiger partial charge is 0.309 e. The van der Waals surface area contributed by atoms with E-state index < -0.39 is 27.9 Å². The van der Waals surface area contributed by atoms with Crippen LogP contribution in [0.25, 0.3) is 0 Å². The van der Waals surface area contributed by atoms with Crippen LogP contribution in [0.3, 0.4) is 0 Å². The van der Waals surface area contributed by atoms with E-state index in [-0.39, 0.29) is 29.7 Å². The second kappa shape index (κ2) is 6.80. The lowest BCUT2D eigenvalue weighted by Crippen LogP contribution is -2.26. The molecule has 0 bridgehead atoms. The van der Waals surface area contributed by atoms with Crippen LogP contribution in [0.4, 0.5) is 23.2 Å². The normalized spacial score (nSPS) is 18.6. The third-order valence-corrected chi connectivity index (χ3v) is 5.06. The molecule has 3 nitrogen and oxygen atoms in total. The van der Waals surface area contributed by atoms with Gasteiger partial charge in [0.2, 0.25) is 5.91 Å². The highest BCUT2D eigenvalue weighted by atomic mass is 79.9. The molecule has 1 heterocycles. The Morgan fingerprint density at radius 1 is 1.43 bits per heavy atom. The highest BCUT2D eigenvalue weighted by molar-refractivity contribution is 9.10. The van der Waals surface area contributed by atoms with Crippen LogP contribution in [0.2, 0.25) is 0 Å². The van der Waals surface area contributed by atoms with E-state index in [4.69, 9.17) is 0 Å². The van der Waals surface area contributed by atoms with Gasteiger partial charge in [-0.25, -0.2) is 4.39 Å². The van der Waals surface area contributed by atoms with Crippen molar-refractivity contribution in [1.29, 1.82) is 0 Å². The number of halogens is 5. The van der Waals surface area contributed by atoms with Gasteiger partial charge in [-0.1, -0.05) is 27.7 Å². The lowest BCUT2D eigenvalue weighted by molar-refractivity contribution is -0.138. The number of hydrogen-bond acceptors (Lipinski definition) is 3. The van der Waals surface area contributed by atoms with E-state index in [1.165, 1.54) is 6.92 Å². The van der Waals surface area contributed by atoms with Crippen molar-refractivity contribution in [3.05, 3.63) is 28.0 Å². The Bertz CT molecular complexity index is 650. The van der Waals surface area contributed by atoms with E-state index in [2.05, 4.69) is 15.9 Å². The zero-order valence-electron chi connectivity index (χ0n) is 11.9. The second-order valence-corrected chi connectivity index (χ2v) is 7.21. The molecule has 0 saturated carbocycles. The van der Waals surface area contributed by atoms with Crippen LogP contribution < -0.4 is 4.90 Å². The Kier molecular flexibility index (Phi) is 5.40. The number of amides is 1. The topological polar surface area (TPSA) is 37.4 Å². The predicted octanol–water partition coefficient (Wildman–Crippen LogP) is 4.24.